The summed E-state index contributed by atoms with van der Waals surface area (Å²) in [5.74, 6) is -2.80. The lowest BCUT2D eigenvalue weighted by molar-refractivity contribution is -0.0438. The first-order chi connectivity index (χ1) is 10.8. The maximum Gasteiger partial charge on any atom is 0.251 e. The van der Waals surface area contributed by atoms with Crippen molar-refractivity contribution in [2.75, 3.05) is 13.1 Å². The van der Waals surface area contributed by atoms with E-state index in [0.29, 0.717) is 16.6 Å². The zero-order chi connectivity index (χ0) is 17.0. The first kappa shape index (κ1) is 20.7. The van der Waals surface area contributed by atoms with Gasteiger partial charge in [-0.05, 0) is 17.7 Å². The van der Waals surface area contributed by atoms with Gasteiger partial charge in [-0.15, -0.1) is 12.4 Å². The van der Waals surface area contributed by atoms with Crippen LogP contribution < -0.4 is 10.6 Å². The molecule has 5 nitrogen and oxygen atoms in total. The van der Waals surface area contributed by atoms with Gasteiger partial charge in [-0.25, -0.2) is 8.78 Å². The molecule has 4 N–H and O–H groups in total. The van der Waals surface area contributed by atoms with Gasteiger partial charge in [0.2, 0.25) is 0 Å². The van der Waals surface area contributed by atoms with E-state index in [0.717, 1.165) is 5.56 Å². The summed E-state index contributed by atoms with van der Waals surface area (Å²) in [6.07, 6.45) is -0.553. The molecule has 1 saturated heterocycles. The van der Waals surface area contributed by atoms with Gasteiger partial charge in [-0.2, -0.15) is 0 Å². The van der Waals surface area contributed by atoms with Crippen molar-refractivity contribution in [1.82, 2.24) is 15.5 Å². The Morgan fingerprint density at radius 2 is 1.79 bits per heavy atom. The van der Waals surface area contributed by atoms with Crippen molar-refractivity contribution >= 4 is 47.5 Å². The number of nitrogens with zero attached hydrogens (tertiary/aromatic N) is 1. The summed E-state index contributed by atoms with van der Waals surface area (Å²) in [5.41, 5.74) is 0.829. The molecule has 0 radical (unpaired) electrons. The van der Waals surface area contributed by atoms with Gasteiger partial charge in [-0.1, -0.05) is 29.3 Å². The summed E-state index contributed by atoms with van der Waals surface area (Å²) >= 11 is 11.7. The van der Waals surface area contributed by atoms with Crippen LogP contribution in [0.5, 0.6) is 0 Å². The Labute approximate surface area is 155 Å². The number of alkyl halides is 2. The number of likely N-dealkylation sites (tertiary alicyclic amines) is 1. The average molecular weight is 401 g/mol. The molecule has 0 spiro atoms. The molecule has 2 rings (SSSR count). The average Bonchev–Trinajstić information content (AvgIpc) is 2.48. The Kier molecular flexibility index (Phi) is 7.51. The number of guanidine groups is 2. The fraction of sp³-hybridized carbons (Fsp3) is 0.429. The number of piperidine rings is 1. The molecule has 0 amide bonds. The highest BCUT2D eigenvalue weighted by molar-refractivity contribution is 6.42. The molecule has 1 aliphatic heterocycles. The zero-order valence-corrected chi connectivity index (χ0v) is 15.0. The molecule has 134 valence electrons. The number of halogens is 5. The molecule has 1 aromatic rings. The Balaban J connectivity index is 0.00000288. The first-order valence-electron chi connectivity index (χ1n) is 7.01. The number of rotatable bonds is 2. The molecule has 1 fully saturated rings. The summed E-state index contributed by atoms with van der Waals surface area (Å²) in [6.45, 7) is 0.520. The van der Waals surface area contributed by atoms with Crippen LogP contribution >= 0.6 is 35.6 Å². The van der Waals surface area contributed by atoms with Gasteiger partial charge >= 0.3 is 0 Å². The molecule has 0 saturated carbocycles. The second kappa shape index (κ2) is 8.69. The lowest BCUT2D eigenvalue weighted by Gasteiger charge is -2.33. The van der Waals surface area contributed by atoms with E-state index in [2.05, 4.69) is 10.6 Å². The highest BCUT2D eigenvalue weighted by Crippen LogP contribution is 2.27. The molecule has 10 heteroatoms. The first-order valence-corrected chi connectivity index (χ1v) is 7.77. The molecule has 0 bridgehead atoms. The van der Waals surface area contributed by atoms with Gasteiger partial charge in [0.05, 0.1) is 10.0 Å². The highest BCUT2D eigenvalue weighted by Gasteiger charge is 2.34. The third kappa shape index (κ3) is 5.96. The molecule has 0 aromatic heterocycles. The molecule has 1 aromatic carbocycles. The van der Waals surface area contributed by atoms with Gasteiger partial charge < -0.3 is 10.2 Å². The summed E-state index contributed by atoms with van der Waals surface area (Å²) < 4.78 is 26.2. The highest BCUT2D eigenvalue weighted by atomic mass is 35.5. The minimum atomic E-state index is -2.66. The largest absolute Gasteiger partial charge is 0.352 e. The third-order valence-electron chi connectivity index (χ3n) is 3.51. The zero-order valence-electron chi connectivity index (χ0n) is 12.6. The van der Waals surface area contributed by atoms with Crippen molar-refractivity contribution < 1.29 is 8.78 Å². The van der Waals surface area contributed by atoms with Crippen LogP contribution in [0.15, 0.2) is 18.2 Å². The summed E-state index contributed by atoms with van der Waals surface area (Å²) in [6, 6.07) is 5.11. The third-order valence-corrected chi connectivity index (χ3v) is 4.25. The number of nitrogens with one attached hydrogen (secondary N) is 4. The number of benzene rings is 1. The van der Waals surface area contributed by atoms with Crippen LogP contribution in [0, 0.1) is 10.8 Å². The smallest absolute Gasteiger partial charge is 0.251 e. The van der Waals surface area contributed by atoms with Crippen LogP contribution in [0.3, 0.4) is 0 Å². The number of hydrogen-bond acceptors (Lipinski definition) is 2. The van der Waals surface area contributed by atoms with Crippen LogP contribution in [-0.4, -0.2) is 35.8 Å². The van der Waals surface area contributed by atoms with E-state index < -0.39 is 5.92 Å². The Morgan fingerprint density at radius 3 is 2.38 bits per heavy atom. The normalized spacial score (nSPS) is 16.1. The molecule has 0 unspecified atom stereocenters. The molecule has 1 heterocycles. The predicted octanol–water partition coefficient (Wildman–Crippen LogP) is 3.70. The van der Waals surface area contributed by atoms with E-state index >= 15 is 0 Å². The minimum absolute atomic E-state index is 0. The Bertz CT molecular complexity index is 602. The topological polar surface area (TPSA) is 75.0 Å². The van der Waals surface area contributed by atoms with Crippen LogP contribution in [0.4, 0.5) is 8.78 Å². The number of hydrogen-bond donors (Lipinski definition) is 4. The van der Waals surface area contributed by atoms with Crippen LogP contribution in [-0.2, 0) is 6.54 Å². The summed E-state index contributed by atoms with van der Waals surface area (Å²) in [4.78, 5) is 1.49. The quantitative estimate of drug-likeness (QED) is 0.452. The van der Waals surface area contributed by atoms with Crippen molar-refractivity contribution in [3.05, 3.63) is 33.8 Å². The van der Waals surface area contributed by atoms with Gasteiger partial charge in [-0.3, -0.25) is 16.1 Å². The minimum Gasteiger partial charge on any atom is -0.352 e. The fourth-order valence-corrected chi connectivity index (χ4v) is 2.46. The van der Waals surface area contributed by atoms with E-state index in [1.54, 1.807) is 18.2 Å². The lowest BCUT2D eigenvalue weighted by Crippen LogP contribution is -2.51. The van der Waals surface area contributed by atoms with Crippen LogP contribution in [0.2, 0.25) is 10.0 Å². The van der Waals surface area contributed by atoms with Gasteiger partial charge in [0.1, 0.15) is 0 Å². The van der Waals surface area contributed by atoms with Crippen molar-refractivity contribution in [2.45, 2.75) is 25.3 Å². The second-order valence-electron chi connectivity index (χ2n) is 5.29. The van der Waals surface area contributed by atoms with Gasteiger partial charge in [0, 0.05) is 32.5 Å². The van der Waals surface area contributed by atoms with Gasteiger partial charge in [0.15, 0.2) is 11.9 Å². The molecule has 0 aliphatic carbocycles. The van der Waals surface area contributed by atoms with Crippen LogP contribution in [0.1, 0.15) is 18.4 Å². The Hall–Kier alpha value is -1.31. The van der Waals surface area contributed by atoms with E-state index in [9.17, 15) is 8.78 Å². The summed E-state index contributed by atoms with van der Waals surface area (Å²) in [5, 5.41) is 21.8. The fourth-order valence-electron chi connectivity index (χ4n) is 2.14. The lowest BCUT2D eigenvalue weighted by atomic mass is 10.1. The summed E-state index contributed by atoms with van der Waals surface area (Å²) in [7, 11) is 0. The van der Waals surface area contributed by atoms with Crippen molar-refractivity contribution in [1.29, 1.82) is 10.8 Å². The van der Waals surface area contributed by atoms with Crippen molar-refractivity contribution in [2.24, 2.45) is 0 Å². The monoisotopic (exact) mass is 399 g/mol. The maximum atomic E-state index is 13.1. The Morgan fingerprint density at radius 1 is 1.17 bits per heavy atom. The standard InChI is InChI=1S/C14H17Cl2F2N5.ClH/c15-10-2-1-9(7-11(10)16)8-21-12(19)22-13(20)23-5-3-14(17,18)4-6-23;/h1-2,7H,3-6,8H2,(H4,19,20,21,22);1H. The van der Waals surface area contributed by atoms with Crippen molar-refractivity contribution in [3.8, 4) is 0 Å². The van der Waals surface area contributed by atoms with Crippen molar-refractivity contribution in [3.63, 3.8) is 0 Å². The molecular weight excluding hydrogens is 383 g/mol. The van der Waals surface area contributed by atoms with E-state index in [1.165, 1.54) is 4.90 Å². The molecule has 0 atom stereocenters. The van der Waals surface area contributed by atoms with Gasteiger partial charge in [0.25, 0.3) is 5.92 Å². The van der Waals surface area contributed by atoms with E-state index in [4.69, 9.17) is 34.0 Å². The van der Waals surface area contributed by atoms with E-state index in [1.807, 2.05) is 0 Å². The maximum absolute atomic E-state index is 13.1. The predicted molar refractivity (Wildman–Crippen MR) is 94.9 cm³/mol. The van der Waals surface area contributed by atoms with Crippen LogP contribution in [0.25, 0.3) is 0 Å². The SMILES string of the molecule is Cl.N=C(NCc1ccc(Cl)c(Cl)c1)NC(=N)N1CCC(F)(F)CC1. The van der Waals surface area contributed by atoms with E-state index in [-0.39, 0.29) is 50.3 Å². The molecule has 24 heavy (non-hydrogen) atoms. The second-order valence-corrected chi connectivity index (χ2v) is 6.11. The molecular formula is C14H18Cl3F2N5. The molecule has 1 aliphatic rings.